The lowest BCUT2D eigenvalue weighted by atomic mass is 10.0. The van der Waals surface area contributed by atoms with Gasteiger partial charge in [-0.15, -0.1) is 0 Å². The lowest BCUT2D eigenvalue weighted by Crippen LogP contribution is -2.32. The van der Waals surface area contributed by atoms with Crippen LogP contribution in [0.15, 0.2) is 53.3 Å². The van der Waals surface area contributed by atoms with Crippen molar-refractivity contribution in [3.63, 3.8) is 0 Å². The molecule has 1 atom stereocenters. The summed E-state index contributed by atoms with van der Waals surface area (Å²) in [6, 6.07) is 16.0. The van der Waals surface area contributed by atoms with E-state index in [9.17, 15) is 4.79 Å². The number of fused-ring (bicyclic) bond motifs is 3. The van der Waals surface area contributed by atoms with Crippen LogP contribution < -0.4 is 10.9 Å². The van der Waals surface area contributed by atoms with Crippen LogP contribution in [0.5, 0.6) is 0 Å². The number of rotatable bonds is 4. The summed E-state index contributed by atoms with van der Waals surface area (Å²) in [5.74, 6) is 1.55. The normalized spacial score (nSPS) is 15.3. The van der Waals surface area contributed by atoms with Crippen LogP contribution in [0.25, 0.3) is 22.6 Å². The second-order valence-electron chi connectivity index (χ2n) is 8.15. The molecule has 1 aliphatic heterocycles. The van der Waals surface area contributed by atoms with Gasteiger partial charge in [-0.3, -0.25) is 4.79 Å². The summed E-state index contributed by atoms with van der Waals surface area (Å²) in [4.78, 5) is 17.3. The fourth-order valence-corrected chi connectivity index (χ4v) is 3.66. The van der Waals surface area contributed by atoms with Crippen LogP contribution in [0.3, 0.4) is 0 Å². The largest absolute Gasteiger partial charge is 0.363 e. The van der Waals surface area contributed by atoms with E-state index >= 15 is 0 Å². The van der Waals surface area contributed by atoms with Crippen LogP contribution in [0.4, 0.5) is 5.69 Å². The molecule has 2 aromatic carbocycles. The van der Waals surface area contributed by atoms with Crippen molar-refractivity contribution in [2.75, 3.05) is 5.32 Å². The Balaban J connectivity index is 1.85. The maximum absolute atomic E-state index is 12.8. The molecule has 1 aromatic heterocycles. The second kappa shape index (κ2) is 7.23. The van der Waals surface area contributed by atoms with Gasteiger partial charge in [-0.2, -0.15) is 10.1 Å². The Kier molecular flexibility index (Phi) is 4.75. The summed E-state index contributed by atoms with van der Waals surface area (Å²) in [6.45, 7) is 8.68. The minimum atomic E-state index is -0.288. The van der Waals surface area contributed by atoms with Gasteiger partial charge in [0, 0.05) is 16.8 Å². The fourth-order valence-electron chi connectivity index (χ4n) is 3.66. The maximum atomic E-state index is 12.8. The summed E-state index contributed by atoms with van der Waals surface area (Å²) >= 11 is 0. The van der Waals surface area contributed by atoms with Crippen molar-refractivity contribution in [3.8, 4) is 22.6 Å². The molecule has 0 spiro atoms. The van der Waals surface area contributed by atoms with Gasteiger partial charge in [-0.05, 0) is 36.0 Å². The third kappa shape index (κ3) is 3.33. The third-order valence-electron chi connectivity index (χ3n) is 5.17. The van der Waals surface area contributed by atoms with Crippen molar-refractivity contribution in [2.24, 2.45) is 5.92 Å². The summed E-state index contributed by atoms with van der Waals surface area (Å²) in [7, 11) is 0. The number of hydrogen-bond acceptors (Lipinski definition) is 4. The van der Waals surface area contributed by atoms with Gasteiger partial charge in [-0.1, -0.05) is 64.1 Å². The summed E-state index contributed by atoms with van der Waals surface area (Å²) in [5, 5.41) is 8.34. The van der Waals surface area contributed by atoms with E-state index in [1.165, 1.54) is 5.56 Å². The van der Waals surface area contributed by atoms with E-state index in [0.29, 0.717) is 23.4 Å². The smallest absolute Gasteiger partial charge is 0.300 e. The van der Waals surface area contributed by atoms with Crippen molar-refractivity contribution in [1.29, 1.82) is 0 Å². The Morgan fingerprint density at radius 1 is 1.04 bits per heavy atom. The lowest BCUT2D eigenvalue weighted by molar-refractivity contribution is 0.398. The monoisotopic (exact) mass is 374 g/mol. The molecular formula is C23H26N4O. The van der Waals surface area contributed by atoms with Crippen LogP contribution in [-0.2, 0) is 0 Å². The number of benzene rings is 2. The molecular weight excluding hydrogens is 348 g/mol. The van der Waals surface area contributed by atoms with Crippen LogP contribution in [0.1, 0.15) is 51.8 Å². The molecule has 0 saturated carbocycles. The Morgan fingerprint density at radius 3 is 2.43 bits per heavy atom. The summed E-state index contributed by atoms with van der Waals surface area (Å²) in [5.41, 5.74) is 4.06. The van der Waals surface area contributed by atoms with Gasteiger partial charge in [0.25, 0.3) is 5.56 Å². The van der Waals surface area contributed by atoms with Gasteiger partial charge in [0.1, 0.15) is 6.17 Å². The van der Waals surface area contributed by atoms with E-state index in [0.717, 1.165) is 23.2 Å². The highest BCUT2D eigenvalue weighted by molar-refractivity contribution is 5.76. The Hall–Kier alpha value is -2.95. The second-order valence-corrected chi connectivity index (χ2v) is 8.15. The zero-order valence-electron chi connectivity index (χ0n) is 16.8. The lowest BCUT2D eigenvalue weighted by Gasteiger charge is -2.31. The van der Waals surface area contributed by atoms with Crippen molar-refractivity contribution < 1.29 is 0 Å². The van der Waals surface area contributed by atoms with Gasteiger partial charge >= 0.3 is 0 Å². The number of aromatic nitrogens is 3. The predicted octanol–water partition coefficient (Wildman–Crippen LogP) is 5.07. The van der Waals surface area contributed by atoms with Gasteiger partial charge in [0.05, 0.1) is 0 Å². The summed E-state index contributed by atoms with van der Waals surface area (Å²) in [6.07, 6.45) is 0.858. The average Bonchev–Trinajstić information content (AvgIpc) is 2.67. The minimum absolute atomic E-state index is 0.0355. The molecule has 0 radical (unpaired) electrons. The minimum Gasteiger partial charge on any atom is -0.363 e. The third-order valence-corrected chi connectivity index (χ3v) is 5.17. The number of nitrogens with one attached hydrogen (secondary N) is 1. The molecule has 0 amide bonds. The van der Waals surface area contributed by atoms with Crippen molar-refractivity contribution in [3.05, 3.63) is 64.4 Å². The van der Waals surface area contributed by atoms with E-state index in [-0.39, 0.29) is 11.7 Å². The SMILES string of the molecule is CC(C)C[C@H]1Nc2ccccc2-c2nc(=O)c(-c3ccc(C(C)C)cc3)nn21. The van der Waals surface area contributed by atoms with Crippen LogP contribution >= 0.6 is 0 Å². The molecule has 0 bridgehead atoms. The maximum Gasteiger partial charge on any atom is 0.300 e. The van der Waals surface area contributed by atoms with Crippen LogP contribution in [0, 0.1) is 5.92 Å². The van der Waals surface area contributed by atoms with E-state index in [1.807, 2.05) is 41.1 Å². The Bertz CT molecular complexity index is 1050. The van der Waals surface area contributed by atoms with Gasteiger partial charge in [0.15, 0.2) is 11.5 Å². The Labute approximate surface area is 165 Å². The molecule has 4 rings (SSSR count). The van der Waals surface area contributed by atoms with E-state index in [4.69, 9.17) is 5.10 Å². The van der Waals surface area contributed by atoms with E-state index in [1.54, 1.807) is 0 Å². The molecule has 1 aliphatic rings. The highest BCUT2D eigenvalue weighted by Gasteiger charge is 2.27. The highest BCUT2D eigenvalue weighted by Crippen LogP contribution is 2.36. The first-order chi connectivity index (χ1) is 13.4. The molecule has 1 N–H and O–H groups in total. The average molecular weight is 374 g/mol. The van der Waals surface area contributed by atoms with Crippen LogP contribution in [0.2, 0.25) is 0 Å². The molecule has 0 fully saturated rings. The van der Waals surface area contributed by atoms with Crippen molar-refractivity contribution in [2.45, 2.75) is 46.2 Å². The zero-order chi connectivity index (χ0) is 19.8. The topological polar surface area (TPSA) is 59.8 Å². The zero-order valence-corrected chi connectivity index (χ0v) is 16.8. The van der Waals surface area contributed by atoms with Gasteiger partial charge in [-0.25, -0.2) is 4.68 Å². The predicted molar refractivity (Wildman–Crippen MR) is 113 cm³/mol. The van der Waals surface area contributed by atoms with Crippen LogP contribution in [-0.4, -0.2) is 14.8 Å². The molecule has 5 heteroatoms. The quantitative estimate of drug-likeness (QED) is 0.693. The molecule has 144 valence electrons. The van der Waals surface area contributed by atoms with Gasteiger partial charge < -0.3 is 5.32 Å². The van der Waals surface area contributed by atoms with E-state index < -0.39 is 0 Å². The van der Waals surface area contributed by atoms with E-state index in [2.05, 4.69) is 50.1 Å². The molecule has 0 aliphatic carbocycles. The first-order valence-electron chi connectivity index (χ1n) is 9.91. The Morgan fingerprint density at radius 2 is 1.75 bits per heavy atom. The molecule has 5 nitrogen and oxygen atoms in total. The number of para-hydroxylation sites is 1. The first kappa shape index (κ1) is 18.4. The number of hydrogen-bond donors (Lipinski definition) is 1. The van der Waals surface area contributed by atoms with Crippen molar-refractivity contribution >= 4 is 5.69 Å². The van der Waals surface area contributed by atoms with Crippen molar-refractivity contribution in [1.82, 2.24) is 14.8 Å². The molecule has 3 aromatic rings. The molecule has 2 heterocycles. The molecule has 0 unspecified atom stereocenters. The fraction of sp³-hybridized carbons (Fsp3) is 0.348. The van der Waals surface area contributed by atoms with Gasteiger partial charge in [0.2, 0.25) is 0 Å². The number of anilines is 1. The highest BCUT2D eigenvalue weighted by atomic mass is 16.1. The standard InChI is InChI=1S/C23H26N4O/c1-14(2)13-20-24-19-8-6-5-7-18(19)22-25-23(28)21(26-27(20)22)17-11-9-16(10-12-17)15(3)4/h5-12,14-15,20,24H,13H2,1-4H3/t20-/m0/s1. The first-order valence-corrected chi connectivity index (χ1v) is 9.91. The number of nitrogens with zero attached hydrogens (tertiary/aromatic N) is 3. The molecule has 0 saturated heterocycles. The molecule has 28 heavy (non-hydrogen) atoms. The summed E-state index contributed by atoms with van der Waals surface area (Å²) < 4.78 is 1.88.